The van der Waals surface area contributed by atoms with Gasteiger partial charge in [0, 0.05) is 10.6 Å². The van der Waals surface area contributed by atoms with E-state index in [4.69, 9.17) is 23.2 Å². The first-order chi connectivity index (χ1) is 12.5. The Hall–Kier alpha value is -2.69. The smallest absolute Gasteiger partial charge is 0.266 e. The van der Waals surface area contributed by atoms with E-state index in [1.807, 2.05) is 6.07 Å². The van der Waals surface area contributed by atoms with Gasteiger partial charge in [-0.2, -0.15) is 0 Å². The second kappa shape index (κ2) is 6.56. The molecular formula is C20H11Cl2FN2O. The van der Waals surface area contributed by atoms with Crippen LogP contribution in [0.25, 0.3) is 28.0 Å². The van der Waals surface area contributed by atoms with Crippen molar-refractivity contribution < 1.29 is 4.39 Å². The Kier molecular flexibility index (Phi) is 4.23. The molecule has 3 nitrogen and oxygen atoms in total. The monoisotopic (exact) mass is 384 g/mol. The normalized spacial score (nSPS) is 11.0. The molecule has 0 saturated carbocycles. The highest BCUT2D eigenvalue weighted by atomic mass is 35.5. The van der Waals surface area contributed by atoms with Crippen molar-refractivity contribution in [2.45, 2.75) is 0 Å². The molecule has 0 radical (unpaired) electrons. The highest BCUT2D eigenvalue weighted by Gasteiger charge is 2.16. The molecule has 0 aliphatic heterocycles. The van der Waals surface area contributed by atoms with Gasteiger partial charge in [-0.3, -0.25) is 9.36 Å². The van der Waals surface area contributed by atoms with Crippen LogP contribution < -0.4 is 5.56 Å². The molecule has 0 fully saturated rings. The maximum absolute atomic E-state index is 13.3. The van der Waals surface area contributed by atoms with Gasteiger partial charge in [-0.05, 0) is 54.6 Å². The SMILES string of the molecule is O=c1c2ccccc2nc(-c2ccc(F)cc2)n1-c1ccc(Cl)cc1Cl. The fraction of sp³-hybridized carbons (Fsp3) is 0. The quantitative estimate of drug-likeness (QED) is 0.457. The predicted octanol–water partition coefficient (Wildman–Crippen LogP) is 5.50. The van der Waals surface area contributed by atoms with Crippen LogP contribution in [0.4, 0.5) is 4.39 Å². The van der Waals surface area contributed by atoms with Gasteiger partial charge < -0.3 is 0 Å². The summed E-state index contributed by atoms with van der Waals surface area (Å²) in [7, 11) is 0. The van der Waals surface area contributed by atoms with Gasteiger partial charge in [-0.25, -0.2) is 9.37 Å². The molecule has 26 heavy (non-hydrogen) atoms. The second-order valence-corrected chi connectivity index (χ2v) is 6.54. The molecular weight excluding hydrogens is 374 g/mol. The van der Waals surface area contributed by atoms with E-state index in [2.05, 4.69) is 4.98 Å². The lowest BCUT2D eigenvalue weighted by Crippen LogP contribution is -2.22. The van der Waals surface area contributed by atoms with Gasteiger partial charge in [0.05, 0.1) is 21.6 Å². The number of hydrogen-bond acceptors (Lipinski definition) is 2. The maximum Gasteiger partial charge on any atom is 0.266 e. The third kappa shape index (κ3) is 2.87. The van der Waals surface area contributed by atoms with Gasteiger partial charge in [0.25, 0.3) is 5.56 Å². The van der Waals surface area contributed by atoms with E-state index in [-0.39, 0.29) is 11.4 Å². The van der Waals surface area contributed by atoms with Crippen molar-refractivity contribution in [2.75, 3.05) is 0 Å². The van der Waals surface area contributed by atoms with Crippen molar-refractivity contribution in [1.82, 2.24) is 9.55 Å². The number of benzene rings is 3. The third-order valence-corrected chi connectivity index (χ3v) is 4.57. The second-order valence-electron chi connectivity index (χ2n) is 5.70. The fourth-order valence-electron chi connectivity index (χ4n) is 2.81. The summed E-state index contributed by atoms with van der Waals surface area (Å²) in [5.41, 5.74) is 1.34. The molecule has 1 heterocycles. The average molecular weight is 385 g/mol. The highest BCUT2D eigenvalue weighted by Crippen LogP contribution is 2.28. The zero-order valence-electron chi connectivity index (χ0n) is 13.3. The Bertz CT molecular complexity index is 1190. The number of para-hydroxylation sites is 1. The minimum atomic E-state index is -0.368. The van der Waals surface area contributed by atoms with Gasteiger partial charge in [0.1, 0.15) is 11.6 Å². The van der Waals surface area contributed by atoms with Crippen LogP contribution in [0.3, 0.4) is 0 Å². The Morgan fingerprint density at radius 3 is 2.38 bits per heavy atom. The van der Waals surface area contributed by atoms with E-state index in [9.17, 15) is 9.18 Å². The summed E-state index contributed by atoms with van der Waals surface area (Å²) in [6, 6.07) is 17.7. The first-order valence-electron chi connectivity index (χ1n) is 7.78. The summed E-state index contributed by atoms with van der Waals surface area (Å²) in [6.45, 7) is 0. The van der Waals surface area contributed by atoms with Crippen LogP contribution in [-0.4, -0.2) is 9.55 Å². The summed E-state index contributed by atoms with van der Waals surface area (Å²) in [4.78, 5) is 17.8. The summed E-state index contributed by atoms with van der Waals surface area (Å²) < 4.78 is 14.8. The average Bonchev–Trinajstić information content (AvgIpc) is 2.63. The molecule has 0 atom stereocenters. The van der Waals surface area contributed by atoms with Crippen LogP contribution in [-0.2, 0) is 0 Å². The summed E-state index contributed by atoms with van der Waals surface area (Å²) in [5, 5.41) is 1.24. The van der Waals surface area contributed by atoms with Crippen LogP contribution in [0.5, 0.6) is 0 Å². The minimum Gasteiger partial charge on any atom is -0.268 e. The molecule has 1 aromatic heterocycles. The van der Waals surface area contributed by atoms with E-state index < -0.39 is 0 Å². The molecule has 0 saturated heterocycles. The van der Waals surface area contributed by atoms with Crippen molar-refractivity contribution in [3.8, 4) is 17.1 Å². The molecule has 3 aromatic carbocycles. The van der Waals surface area contributed by atoms with E-state index >= 15 is 0 Å². The topological polar surface area (TPSA) is 34.9 Å². The molecule has 4 rings (SSSR count). The molecule has 6 heteroatoms. The van der Waals surface area contributed by atoms with Crippen LogP contribution in [0.2, 0.25) is 10.0 Å². The van der Waals surface area contributed by atoms with Crippen LogP contribution >= 0.6 is 23.2 Å². The minimum absolute atomic E-state index is 0.265. The Morgan fingerprint density at radius 1 is 0.923 bits per heavy atom. The van der Waals surface area contributed by atoms with Crippen molar-refractivity contribution in [1.29, 1.82) is 0 Å². The first kappa shape index (κ1) is 16.8. The Morgan fingerprint density at radius 2 is 1.65 bits per heavy atom. The molecule has 128 valence electrons. The van der Waals surface area contributed by atoms with Crippen LogP contribution in [0.1, 0.15) is 0 Å². The van der Waals surface area contributed by atoms with Gasteiger partial charge in [-0.15, -0.1) is 0 Å². The van der Waals surface area contributed by atoms with E-state index in [1.165, 1.54) is 16.7 Å². The first-order valence-corrected chi connectivity index (χ1v) is 8.53. The van der Waals surface area contributed by atoms with Gasteiger partial charge in [0.15, 0.2) is 0 Å². The summed E-state index contributed by atoms with van der Waals surface area (Å²) >= 11 is 12.3. The number of hydrogen-bond donors (Lipinski definition) is 0. The van der Waals surface area contributed by atoms with E-state index in [1.54, 1.807) is 48.5 Å². The van der Waals surface area contributed by atoms with Crippen LogP contribution in [0.15, 0.2) is 71.5 Å². The molecule has 0 spiro atoms. The maximum atomic E-state index is 13.3. The van der Waals surface area contributed by atoms with Crippen molar-refractivity contribution >= 4 is 34.1 Å². The fourth-order valence-corrected chi connectivity index (χ4v) is 3.30. The van der Waals surface area contributed by atoms with Gasteiger partial charge in [-0.1, -0.05) is 35.3 Å². The molecule has 0 aliphatic carbocycles. The third-order valence-electron chi connectivity index (χ3n) is 4.03. The zero-order valence-corrected chi connectivity index (χ0v) is 14.8. The predicted molar refractivity (Wildman–Crippen MR) is 103 cm³/mol. The molecule has 0 aliphatic rings. The summed E-state index contributed by atoms with van der Waals surface area (Å²) in [6.07, 6.45) is 0. The molecule has 0 bridgehead atoms. The molecule has 4 aromatic rings. The Balaban J connectivity index is 2.12. The standard InChI is InChI=1S/C20H11Cl2FN2O/c21-13-7-10-18(16(22)11-13)25-19(12-5-8-14(23)9-6-12)24-17-4-2-1-3-15(17)20(25)26/h1-11H. The molecule has 0 N–H and O–H groups in total. The van der Waals surface area contributed by atoms with E-state index in [0.717, 1.165) is 0 Å². The van der Waals surface area contributed by atoms with E-state index in [0.29, 0.717) is 38.0 Å². The number of rotatable bonds is 2. The number of aromatic nitrogens is 2. The number of halogens is 3. The lowest BCUT2D eigenvalue weighted by atomic mass is 10.1. The molecule has 0 amide bonds. The largest absolute Gasteiger partial charge is 0.268 e. The van der Waals surface area contributed by atoms with Gasteiger partial charge in [0.2, 0.25) is 0 Å². The van der Waals surface area contributed by atoms with Gasteiger partial charge >= 0.3 is 0 Å². The Labute approximate surface area is 158 Å². The van der Waals surface area contributed by atoms with Crippen molar-refractivity contribution in [2.24, 2.45) is 0 Å². The van der Waals surface area contributed by atoms with Crippen molar-refractivity contribution in [3.05, 3.63) is 92.9 Å². The number of fused-ring (bicyclic) bond motifs is 1. The van der Waals surface area contributed by atoms with Crippen LogP contribution in [0, 0.1) is 5.82 Å². The summed E-state index contributed by atoms with van der Waals surface area (Å²) in [5.74, 6) is 0.00545. The zero-order chi connectivity index (χ0) is 18.3. The lowest BCUT2D eigenvalue weighted by Gasteiger charge is -2.15. The van der Waals surface area contributed by atoms with Crippen molar-refractivity contribution in [3.63, 3.8) is 0 Å². The molecule has 0 unspecified atom stereocenters. The highest BCUT2D eigenvalue weighted by molar-refractivity contribution is 6.35. The number of nitrogens with zero attached hydrogens (tertiary/aromatic N) is 2. The lowest BCUT2D eigenvalue weighted by molar-refractivity contribution is 0.628.